The molecule has 0 fully saturated rings. The third kappa shape index (κ3) is 3.68. The van der Waals surface area contributed by atoms with Gasteiger partial charge in [-0.1, -0.05) is 25.1 Å². The minimum Gasteiger partial charge on any atom is -0.493 e. The van der Waals surface area contributed by atoms with Crippen molar-refractivity contribution in [3.05, 3.63) is 48.5 Å². The predicted molar refractivity (Wildman–Crippen MR) is 73.4 cm³/mol. The maximum atomic E-state index is 12.0. The highest BCUT2D eigenvalue weighted by atomic mass is 16.5. The summed E-state index contributed by atoms with van der Waals surface area (Å²) < 4.78 is 7.41. The molecule has 0 bridgehead atoms. The Balaban J connectivity index is 1.86. The monoisotopic (exact) mass is 258 g/mol. The predicted octanol–water partition coefficient (Wildman–Crippen LogP) is 2.94. The number of ether oxygens (including phenoxy) is 1. The number of ketones is 1. The number of nitrogens with zero attached hydrogens (tertiary/aromatic N) is 2. The number of hydrogen-bond acceptors (Lipinski definition) is 3. The van der Waals surface area contributed by atoms with Gasteiger partial charge in [0, 0.05) is 25.4 Å². The van der Waals surface area contributed by atoms with Crippen LogP contribution in [-0.2, 0) is 6.54 Å². The number of carbonyl (C=O) groups excluding carboxylic acids is 1. The van der Waals surface area contributed by atoms with E-state index >= 15 is 0 Å². The SMILES string of the molecule is CCCn1ccnc1C(=O)CCOc1ccccc1. The van der Waals surface area contributed by atoms with E-state index in [1.54, 1.807) is 6.20 Å². The molecule has 0 atom stereocenters. The third-order valence-corrected chi connectivity index (χ3v) is 2.77. The van der Waals surface area contributed by atoms with E-state index in [-0.39, 0.29) is 5.78 Å². The summed E-state index contributed by atoms with van der Waals surface area (Å²) in [7, 11) is 0. The van der Waals surface area contributed by atoms with Gasteiger partial charge in [0.1, 0.15) is 5.75 Å². The van der Waals surface area contributed by atoms with E-state index < -0.39 is 0 Å². The van der Waals surface area contributed by atoms with Gasteiger partial charge >= 0.3 is 0 Å². The van der Waals surface area contributed by atoms with Crippen molar-refractivity contribution in [3.8, 4) is 5.75 Å². The maximum Gasteiger partial charge on any atom is 0.201 e. The van der Waals surface area contributed by atoms with Crippen LogP contribution in [0.3, 0.4) is 0 Å². The number of imidazole rings is 1. The molecule has 0 amide bonds. The normalized spacial score (nSPS) is 10.4. The third-order valence-electron chi connectivity index (χ3n) is 2.77. The molecule has 0 saturated carbocycles. The van der Waals surface area contributed by atoms with E-state index in [2.05, 4.69) is 11.9 Å². The van der Waals surface area contributed by atoms with Gasteiger partial charge in [-0.2, -0.15) is 0 Å². The number of rotatable bonds is 7. The zero-order chi connectivity index (χ0) is 13.5. The summed E-state index contributed by atoms with van der Waals surface area (Å²) >= 11 is 0. The van der Waals surface area contributed by atoms with E-state index in [9.17, 15) is 4.79 Å². The maximum absolute atomic E-state index is 12.0. The van der Waals surface area contributed by atoms with Crippen molar-refractivity contribution in [2.24, 2.45) is 0 Å². The number of para-hydroxylation sites is 1. The molecule has 0 saturated heterocycles. The van der Waals surface area contributed by atoms with Gasteiger partial charge in [0.25, 0.3) is 0 Å². The fraction of sp³-hybridized carbons (Fsp3) is 0.333. The van der Waals surface area contributed by atoms with Gasteiger partial charge in [-0.15, -0.1) is 0 Å². The first-order valence-corrected chi connectivity index (χ1v) is 6.53. The molecule has 0 spiro atoms. The van der Waals surface area contributed by atoms with Crippen LogP contribution in [0.25, 0.3) is 0 Å². The molecule has 100 valence electrons. The summed E-state index contributed by atoms with van der Waals surface area (Å²) in [6.07, 6.45) is 4.84. The smallest absolute Gasteiger partial charge is 0.201 e. The molecular weight excluding hydrogens is 240 g/mol. The molecule has 0 aliphatic carbocycles. The highest BCUT2D eigenvalue weighted by molar-refractivity contribution is 5.92. The van der Waals surface area contributed by atoms with Crippen LogP contribution in [0.5, 0.6) is 5.75 Å². The van der Waals surface area contributed by atoms with E-state index in [4.69, 9.17) is 4.74 Å². The van der Waals surface area contributed by atoms with Gasteiger partial charge in [0.2, 0.25) is 5.78 Å². The van der Waals surface area contributed by atoms with Crippen molar-refractivity contribution in [1.29, 1.82) is 0 Å². The molecule has 19 heavy (non-hydrogen) atoms. The Labute approximate surface area is 113 Å². The van der Waals surface area contributed by atoms with Gasteiger partial charge in [-0.3, -0.25) is 4.79 Å². The van der Waals surface area contributed by atoms with Crippen molar-refractivity contribution < 1.29 is 9.53 Å². The average Bonchev–Trinajstić information content (AvgIpc) is 2.89. The van der Waals surface area contributed by atoms with Crippen LogP contribution in [0.1, 0.15) is 30.4 Å². The van der Waals surface area contributed by atoms with E-state index in [1.807, 2.05) is 41.1 Å². The van der Waals surface area contributed by atoms with Crippen LogP contribution >= 0.6 is 0 Å². The summed E-state index contributed by atoms with van der Waals surface area (Å²) in [5.74, 6) is 1.33. The molecule has 1 aromatic heterocycles. The lowest BCUT2D eigenvalue weighted by molar-refractivity contribution is 0.0947. The Hall–Kier alpha value is -2.10. The molecule has 0 N–H and O–H groups in total. The van der Waals surface area contributed by atoms with Crippen LogP contribution in [0, 0.1) is 0 Å². The lowest BCUT2D eigenvalue weighted by Crippen LogP contribution is -2.13. The fourth-order valence-corrected chi connectivity index (χ4v) is 1.87. The minimum absolute atomic E-state index is 0.0226. The molecular formula is C15H18N2O2. The lowest BCUT2D eigenvalue weighted by Gasteiger charge is -2.07. The second-order valence-corrected chi connectivity index (χ2v) is 4.28. The Morgan fingerprint density at radius 3 is 2.84 bits per heavy atom. The highest BCUT2D eigenvalue weighted by Gasteiger charge is 2.12. The fourth-order valence-electron chi connectivity index (χ4n) is 1.87. The number of benzene rings is 1. The summed E-state index contributed by atoms with van der Waals surface area (Å²) in [4.78, 5) is 16.1. The van der Waals surface area contributed by atoms with Crippen LogP contribution in [0.15, 0.2) is 42.7 Å². The topological polar surface area (TPSA) is 44.1 Å². The molecule has 1 aromatic carbocycles. The molecule has 0 unspecified atom stereocenters. The van der Waals surface area contributed by atoms with E-state index in [0.29, 0.717) is 18.9 Å². The van der Waals surface area contributed by atoms with Gasteiger partial charge < -0.3 is 9.30 Å². The number of hydrogen-bond donors (Lipinski definition) is 0. The van der Waals surface area contributed by atoms with Crippen LogP contribution in [0.4, 0.5) is 0 Å². The van der Waals surface area contributed by atoms with Crippen molar-refractivity contribution in [1.82, 2.24) is 9.55 Å². The van der Waals surface area contributed by atoms with Crippen molar-refractivity contribution in [2.45, 2.75) is 26.3 Å². The molecule has 4 nitrogen and oxygen atoms in total. The molecule has 0 radical (unpaired) electrons. The standard InChI is InChI=1S/C15H18N2O2/c1-2-10-17-11-9-16-15(17)14(18)8-12-19-13-6-4-3-5-7-13/h3-7,9,11H,2,8,10,12H2,1H3. The van der Waals surface area contributed by atoms with Gasteiger partial charge in [-0.25, -0.2) is 4.98 Å². The van der Waals surface area contributed by atoms with Gasteiger partial charge in [0.05, 0.1) is 6.61 Å². The Morgan fingerprint density at radius 2 is 2.11 bits per heavy atom. The zero-order valence-corrected chi connectivity index (χ0v) is 11.1. The highest BCUT2D eigenvalue weighted by Crippen LogP contribution is 2.09. The Kier molecular flexibility index (Phi) is 4.72. The van der Waals surface area contributed by atoms with Crippen LogP contribution < -0.4 is 4.74 Å². The van der Waals surface area contributed by atoms with Crippen LogP contribution in [0.2, 0.25) is 0 Å². The molecule has 1 heterocycles. The van der Waals surface area contributed by atoms with Crippen LogP contribution in [-0.4, -0.2) is 21.9 Å². The van der Waals surface area contributed by atoms with Crippen molar-refractivity contribution in [3.63, 3.8) is 0 Å². The lowest BCUT2D eigenvalue weighted by atomic mass is 10.2. The Morgan fingerprint density at radius 1 is 1.32 bits per heavy atom. The number of aromatic nitrogens is 2. The van der Waals surface area contributed by atoms with Gasteiger partial charge in [0.15, 0.2) is 5.82 Å². The second kappa shape index (κ2) is 6.73. The number of Topliss-reactive ketones (excluding diaryl/α,β-unsaturated/α-hetero) is 1. The first kappa shape index (κ1) is 13.3. The number of carbonyl (C=O) groups is 1. The first-order chi connectivity index (χ1) is 9.31. The number of aryl methyl sites for hydroxylation is 1. The molecule has 0 aliphatic heterocycles. The van der Waals surface area contributed by atoms with Crippen molar-refractivity contribution >= 4 is 5.78 Å². The summed E-state index contributed by atoms with van der Waals surface area (Å²) in [5, 5.41) is 0. The Bertz CT molecular complexity index is 520. The van der Waals surface area contributed by atoms with Crippen molar-refractivity contribution in [2.75, 3.05) is 6.61 Å². The molecule has 2 aromatic rings. The molecule has 0 aliphatic rings. The quantitative estimate of drug-likeness (QED) is 0.717. The first-order valence-electron chi connectivity index (χ1n) is 6.53. The average molecular weight is 258 g/mol. The van der Waals surface area contributed by atoms with E-state index in [0.717, 1.165) is 18.7 Å². The van der Waals surface area contributed by atoms with Gasteiger partial charge in [-0.05, 0) is 18.6 Å². The zero-order valence-electron chi connectivity index (χ0n) is 11.1. The molecule has 4 heteroatoms. The minimum atomic E-state index is 0.0226. The largest absolute Gasteiger partial charge is 0.493 e. The van der Waals surface area contributed by atoms with E-state index in [1.165, 1.54) is 0 Å². The summed E-state index contributed by atoms with van der Waals surface area (Å²) in [6, 6.07) is 9.50. The summed E-state index contributed by atoms with van der Waals surface area (Å²) in [6.45, 7) is 3.27. The summed E-state index contributed by atoms with van der Waals surface area (Å²) in [5.41, 5.74) is 0. The molecule has 2 rings (SSSR count). The second-order valence-electron chi connectivity index (χ2n) is 4.28.